The van der Waals surface area contributed by atoms with Crippen LogP contribution in [0.4, 0.5) is 0 Å². The lowest BCUT2D eigenvalue weighted by Crippen LogP contribution is -2.62. The third kappa shape index (κ3) is 4.91. The van der Waals surface area contributed by atoms with E-state index in [1.54, 1.807) is 6.92 Å². The molecule has 1 amide bonds. The molecule has 7 heteroatoms. The number of amides is 1. The van der Waals surface area contributed by atoms with E-state index in [0.29, 0.717) is 19.5 Å². The highest BCUT2D eigenvalue weighted by molar-refractivity contribution is 5.77. The predicted octanol–water partition coefficient (Wildman–Crippen LogP) is 3.17. The molecular formula is C25H29N3O4. The lowest BCUT2D eigenvalue weighted by molar-refractivity contribution is -0.132. The molecule has 0 aliphatic carbocycles. The van der Waals surface area contributed by atoms with E-state index in [-0.39, 0.29) is 18.6 Å². The Morgan fingerprint density at radius 2 is 1.91 bits per heavy atom. The van der Waals surface area contributed by atoms with Crippen molar-refractivity contribution >= 4 is 5.91 Å². The molecule has 1 saturated heterocycles. The van der Waals surface area contributed by atoms with Gasteiger partial charge in [-0.25, -0.2) is 0 Å². The molecule has 0 radical (unpaired) electrons. The minimum atomic E-state index is -1.07. The lowest BCUT2D eigenvalue weighted by atomic mass is 9.79. The molecule has 1 fully saturated rings. The monoisotopic (exact) mass is 435 g/mol. The van der Waals surface area contributed by atoms with E-state index in [1.165, 1.54) is 7.11 Å². The van der Waals surface area contributed by atoms with E-state index < -0.39 is 11.6 Å². The van der Waals surface area contributed by atoms with Gasteiger partial charge in [0.2, 0.25) is 5.91 Å². The van der Waals surface area contributed by atoms with Crippen molar-refractivity contribution in [2.24, 2.45) is 0 Å². The number of nitrogens with one attached hydrogen (secondary N) is 1. The summed E-state index contributed by atoms with van der Waals surface area (Å²) < 4.78 is 10.6. The summed E-state index contributed by atoms with van der Waals surface area (Å²) in [6.45, 7) is 2.87. The van der Waals surface area contributed by atoms with Crippen LogP contribution in [0, 0.1) is 0 Å². The SMILES string of the molecule is COCC(=O)NC1C(c2ccccc2)N(Cc2cc(-c3ccccc3)no2)CCC1(C)O. The normalized spacial score (nSPS) is 23.7. The summed E-state index contributed by atoms with van der Waals surface area (Å²) in [5, 5.41) is 18.4. The molecule has 1 aliphatic rings. The molecule has 3 atom stereocenters. The first-order chi connectivity index (χ1) is 15.5. The second kappa shape index (κ2) is 9.65. The van der Waals surface area contributed by atoms with Gasteiger partial charge in [-0.3, -0.25) is 9.69 Å². The number of hydrogen-bond donors (Lipinski definition) is 2. The Kier molecular flexibility index (Phi) is 6.69. The molecule has 2 N–H and O–H groups in total. The van der Waals surface area contributed by atoms with E-state index in [0.717, 1.165) is 22.6 Å². The van der Waals surface area contributed by atoms with Crippen LogP contribution in [-0.4, -0.2) is 53.0 Å². The quantitative estimate of drug-likeness (QED) is 0.593. The van der Waals surface area contributed by atoms with E-state index in [1.807, 2.05) is 66.7 Å². The standard InChI is InChI=1S/C25H29N3O4/c1-25(30)13-14-28(16-20-15-21(27-32-20)18-9-5-3-6-10-18)23(19-11-7-4-8-12-19)24(25)26-22(29)17-31-2/h3-12,15,23-24,30H,13-14,16-17H2,1-2H3,(H,26,29). The Hall–Kier alpha value is -3.00. The van der Waals surface area contributed by atoms with Crippen LogP contribution in [-0.2, 0) is 16.1 Å². The largest absolute Gasteiger partial charge is 0.388 e. The highest BCUT2D eigenvalue weighted by Crippen LogP contribution is 2.38. The first-order valence-corrected chi connectivity index (χ1v) is 10.8. The summed E-state index contributed by atoms with van der Waals surface area (Å²) >= 11 is 0. The van der Waals surface area contributed by atoms with Crippen molar-refractivity contribution in [1.82, 2.24) is 15.4 Å². The summed E-state index contributed by atoms with van der Waals surface area (Å²) in [4.78, 5) is 14.6. The van der Waals surface area contributed by atoms with Crippen LogP contribution in [0.2, 0.25) is 0 Å². The van der Waals surface area contributed by atoms with Crippen LogP contribution < -0.4 is 5.32 Å². The summed E-state index contributed by atoms with van der Waals surface area (Å²) in [7, 11) is 1.48. The van der Waals surface area contributed by atoms with E-state index in [9.17, 15) is 9.90 Å². The molecular weight excluding hydrogens is 406 g/mol. The average Bonchev–Trinajstić information content (AvgIpc) is 3.26. The van der Waals surface area contributed by atoms with Gasteiger partial charge in [-0.15, -0.1) is 0 Å². The summed E-state index contributed by atoms with van der Waals surface area (Å²) in [5.74, 6) is 0.472. The van der Waals surface area contributed by atoms with E-state index >= 15 is 0 Å². The van der Waals surface area contributed by atoms with Gasteiger partial charge in [-0.1, -0.05) is 65.8 Å². The van der Waals surface area contributed by atoms with Gasteiger partial charge in [0, 0.05) is 25.3 Å². The Bertz CT molecular complexity index is 1020. The number of hydrogen-bond acceptors (Lipinski definition) is 6. The molecule has 0 bridgehead atoms. The number of ether oxygens (including phenoxy) is 1. The van der Waals surface area contributed by atoms with Gasteiger partial charge in [0.15, 0.2) is 5.76 Å². The molecule has 2 heterocycles. The van der Waals surface area contributed by atoms with E-state index in [2.05, 4.69) is 15.4 Å². The fourth-order valence-corrected chi connectivity index (χ4v) is 4.36. The van der Waals surface area contributed by atoms with Crippen molar-refractivity contribution in [3.05, 3.63) is 78.1 Å². The van der Waals surface area contributed by atoms with Gasteiger partial charge < -0.3 is 19.7 Å². The first kappa shape index (κ1) is 22.2. The number of aromatic nitrogens is 1. The Balaban J connectivity index is 1.63. The van der Waals surface area contributed by atoms with Crippen molar-refractivity contribution in [2.75, 3.05) is 20.3 Å². The molecule has 1 aliphatic heterocycles. The fourth-order valence-electron chi connectivity index (χ4n) is 4.36. The number of aliphatic hydroxyl groups is 1. The topological polar surface area (TPSA) is 87.8 Å². The Morgan fingerprint density at radius 3 is 2.59 bits per heavy atom. The molecule has 2 aromatic carbocycles. The van der Waals surface area contributed by atoms with Crippen molar-refractivity contribution in [3.63, 3.8) is 0 Å². The summed E-state index contributed by atoms with van der Waals surface area (Å²) in [5.41, 5.74) is 1.72. The summed E-state index contributed by atoms with van der Waals surface area (Å²) in [6.07, 6.45) is 0.508. The van der Waals surface area contributed by atoms with Gasteiger partial charge >= 0.3 is 0 Å². The number of carbonyl (C=O) groups excluding carboxylic acids is 1. The number of nitrogens with zero attached hydrogens (tertiary/aromatic N) is 2. The molecule has 32 heavy (non-hydrogen) atoms. The van der Waals surface area contributed by atoms with Crippen LogP contribution in [0.5, 0.6) is 0 Å². The van der Waals surface area contributed by atoms with Gasteiger partial charge in [0.25, 0.3) is 0 Å². The van der Waals surface area contributed by atoms with Crippen molar-refractivity contribution in [2.45, 2.75) is 37.6 Å². The third-order valence-corrected chi connectivity index (χ3v) is 6.00. The zero-order chi connectivity index (χ0) is 22.6. The van der Waals surface area contributed by atoms with Crippen LogP contribution >= 0.6 is 0 Å². The maximum absolute atomic E-state index is 12.4. The predicted molar refractivity (Wildman–Crippen MR) is 121 cm³/mol. The van der Waals surface area contributed by atoms with Gasteiger partial charge in [-0.2, -0.15) is 0 Å². The van der Waals surface area contributed by atoms with Crippen molar-refractivity contribution < 1.29 is 19.2 Å². The second-order valence-corrected chi connectivity index (χ2v) is 8.46. The van der Waals surface area contributed by atoms with Crippen LogP contribution in [0.25, 0.3) is 11.3 Å². The average molecular weight is 436 g/mol. The second-order valence-electron chi connectivity index (χ2n) is 8.46. The zero-order valence-electron chi connectivity index (χ0n) is 18.4. The lowest BCUT2D eigenvalue weighted by Gasteiger charge is -2.49. The number of methoxy groups -OCH3 is 1. The molecule has 7 nitrogen and oxygen atoms in total. The molecule has 0 spiro atoms. The number of benzene rings is 2. The molecule has 1 aromatic heterocycles. The van der Waals surface area contributed by atoms with Crippen LogP contribution in [0.15, 0.2) is 71.3 Å². The van der Waals surface area contributed by atoms with Gasteiger partial charge in [0.05, 0.1) is 24.2 Å². The van der Waals surface area contributed by atoms with Crippen LogP contribution in [0.3, 0.4) is 0 Å². The zero-order valence-corrected chi connectivity index (χ0v) is 18.4. The maximum atomic E-state index is 12.4. The first-order valence-electron chi connectivity index (χ1n) is 10.8. The highest BCUT2D eigenvalue weighted by atomic mass is 16.5. The Morgan fingerprint density at radius 1 is 1.22 bits per heavy atom. The van der Waals surface area contributed by atoms with Crippen LogP contribution in [0.1, 0.15) is 30.7 Å². The molecule has 168 valence electrons. The molecule has 0 saturated carbocycles. The third-order valence-electron chi connectivity index (χ3n) is 6.00. The maximum Gasteiger partial charge on any atom is 0.246 e. The number of carbonyl (C=O) groups is 1. The molecule has 3 aromatic rings. The summed E-state index contributed by atoms with van der Waals surface area (Å²) in [6, 6.07) is 21.0. The fraction of sp³-hybridized carbons (Fsp3) is 0.360. The molecule has 4 rings (SSSR count). The minimum Gasteiger partial charge on any atom is -0.388 e. The smallest absolute Gasteiger partial charge is 0.246 e. The number of rotatable bonds is 7. The van der Waals surface area contributed by atoms with Gasteiger partial charge in [0.1, 0.15) is 12.3 Å². The van der Waals surface area contributed by atoms with Crippen molar-refractivity contribution in [1.29, 1.82) is 0 Å². The van der Waals surface area contributed by atoms with E-state index in [4.69, 9.17) is 9.26 Å². The molecule has 3 unspecified atom stereocenters. The van der Waals surface area contributed by atoms with Crippen molar-refractivity contribution in [3.8, 4) is 11.3 Å². The van der Waals surface area contributed by atoms with Gasteiger partial charge in [-0.05, 0) is 18.9 Å². The number of piperidine rings is 1. The Labute approximate surface area is 188 Å². The highest BCUT2D eigenvalue weighted by Gasteiger charge is 2.46. The number of likely N-dealkylation sites (tertiary alicyclic amines) is 1. The minimum absolute atomic E-state index is 0.0589.